The van der Waals surface area contributed by atoms with Crippen LogP contribution in [0.2, 0.25) is 0 Å². The van der Waals surface area contributed by atoms with Crippen molar-refractivity contribution in [2.45, 2.75) is 72.6 Å². The number of hydrogen-bond acceptors (Lipinski definition) is 2. The average Bonchev–Trinajstić information content (AvgIpc) is 2.41. The molecule has 130 valence electrons. The molecule has 1 fully saturated rings. The van der Waals surface area contributed by atoms with Crippen LogP contribution in [0.15, 0.2) is 22.8 Å². The fourth-order valence-electron chi connectivity index (χ4n) is 5.30. The van der Waals surface area contributed by atoms with Crippen LogP contribution in [0.3, 0.4) is 0 Å². The molecule has 2 aliphatic rings. The molecule has 3 nitrogen and oxygen atoms in total. The third-order valence-corrected chi connectivity index (χ3v) is 6.34. The zero-order chi connectivity index (χ0) is 17.3. The van der Waals surface area contributed by atoms with Gasteiger partial charge in [-0.05, 0) is 55.8 Å². The van der Waals surface area contributed by atoms with Crippen LogP contribution in [0.4, 0.5) is 0 Å². The van der Waals surface area contributed by atoms with E-state index in [2.05, 4.69) is 20.8 Å². The predicted molar refractivity (Wildman–Crippen MR) is 93.2 cm³/mol. The van der Waals surface area contributed by atoms with E-state index in [1.165, 1.54) is 24.0 Å². The number of allylic oxidation sites excluding steroid dienone is 2. The maximum atomic E-state index is 11.5. The van der Waals surface area contributed by atoms with Crippen LogP contribution >= 0.6 is 0 Å². The summed E-state index contributed by atoms with van der Waals surface area (Å²) in [6.45, 7) is 9.10. The standard InChI is InChI=1S/C20H32O3/c1-14(8-11-21)12-15-6-7-17-19(2,3)9-5-10-20(17,4)16(15)13-18(22)23/h8,17,21H,5-7,9-13H2,1-4H3,(H,22,23). The molecule has 2 unspecified atom stereocenters. The minimum atomic E-state index is -0.716. The van der Waals surface area contributed by atoms with Gasteiger partial charge in [0.15, 0.2) is 0 Å². The largest absolute Gasteiger partial charge is 0.481 e. The first-order valence-corrected chi connectivity index (χ1v) is 8.90. The molecular weight excluding hydrogens is 288 g/mol. The Morgan fingerprint density at radius 2 is 1.96 bits per heavy atom. The lowest BCUT2D eigenvalue weighted by Crippen LogP contribution is -2.46. The van der Waals surface area contributed by atoms with E-state index in [1.807, 2.05) is 13.0 Å². The van der Waals surface area contributed by atoms with E-state index in [0.717, 1.165) is 31.3 Å². The molecule has 0 bridgehead atoms. The van der Waals surface area contributed by atoms with Gasteiger partial charge in [0.1, 0.15) is 0 Å². The molecule has 2 rings (SSSR count). The summed E-state index contributed by atoms with van der Waals surface area (Å²) in [7, 11) is 0. The summed E-state index contributed by atoms with van der Waals surface area (Å²) < 4.78 is 0. The third kappa shape index (κ3) is 3.71. The molecule has 2 atom stereocenters. The van der Waals surface area contributed by atoms with Crippen molar-refractivity contribution in [3.05, 3.63) is 22.8 Å². The van der Waals surface area contributed by atoms with Crippen molar-refractivity contribution in [2.75, 3.05) is 6.61 Å². The lowest BCUT2D eigenvalue weighted by atomic mass is 9.49. The second kappa shape index (κ2) is 6.80. The lowest BCUT2D eigenvalue weighted by Gasteiger charge is -2.55. The van der Waals surface area contributed by atoms with Crippen molar-refractivity contribution >= 4 is 5.97 Å². The minimum Gasteiger partial charge on any atom is -0.481 e. The summed E-state index contributed by atoms with van der Waals surface area (Å²) in [4.78, 5) is 11.5. The van der Waals surface area contributed by atoms with E-state index < -0.39 is 5.97 Å². The maximum absolute atomic E-state index is 11.5. The van der Waals surface area contributed by atoms with Gasteiger partial charge in [-0.1, -0.05) is 50.0 Å². The predicted octanol–water partition coefficient (Wildman–Crippen LogP) is 4.71. The topological polar surface area (TPSA) is 57.5 Å². The molecule has 1 saturated carbocycles. The molecule has 0 aromatic heterocycles. The number of rotatable bonds is 5. The van der Waals surface area contributed by atoms with E-state index in [4.69, 9.17) is 5.11 Å². The molecular formula is C20H32O3. The highest BCUT2D eigenvalue weighted by Crippen LogP contribution is 2.60. The second-order valence-corrected chi connectivity index (χ2v) is 8.41. The van der Waals surface area contributed by atoms with Crippen LogP contribution in [0.1, 0.15) is 72.6 Å². The molecule has 0 saturated heterocycles. The van der Waals surface area contributed by atoms with Gasteiger partial charge in [-0.15, -0.1) is 0 Å². The maximum Gasteiger partial charge on any atom is 0.307 e. The first kappa shape index (κ1) is 18.3. The Morgan fingerprint density at radius 3 is 2.57 bits per heavy atom. The average molecular weight is 320 g/mol. The van der Waals surface area contributed by atoms with Crippen molar-refractivity contribution in [1.29, 1.82) is 0 Å². The first-order chi connectivity index (χ1) is 10.7. The van der Waals surface area contributed by atoms with E-state index in [0.29, 0.717) is 5.92 Å². The van der Waals surface area contributed by atoms with Crippen molar-refractivity contribution < 1.29 is 15.0 Å². The number of carboxylic acids is 1. The molecule has 0 aromatic rings. The summed E-state index contributed by atoms with van der Waals surface area (Å²) in [5, 5.41) is 18.6. The number of fused-ring (bicyclic) bond motifs is 1. The van der Waals surface area contributed by atoms with Crippen LogP contribution in [0, 0.1) is 16.7 Å². The van der Waals surface area contributed by atoms with Crippen LogP contribution in [-0.2, 0) is 4.79 Å². The fraction of sp³-hybridized carbons (Fsp3) is 0.750. The highest BCUT2D eigenvalue weighted by Gasteiger charge is 2.50. The van der Waals surface area contributed by atoms with E-state index in [9.17, 15) is 9.90 Å². The molecule has 0 aromatic carbocycles. The fourth-order valence-corrected chi connectivity index (χ4v) is 5.30. The lowest BCUT2D eigenvalue weighted by molar-refractivity contribution is -0.137. The van der Waals surface area contributed by atoms with Crippen LogP contribution < -0.4 is 0 Å². The van der Waals surface area contributed by atoms with Crippen molar-refractivity contribution in [1.82, 2.24) is 0 Å². The van der Waals surface area contributed by atoms with Gasteiger partial charge in [0.05, 0.1) is 13.0 Å². The number of carbonyl (C=O) groups is 1. The Morgan fingerprint density at radius 1 is 1.26 bits per heavy atom. The molecule has 3 heteroatoms. The highest BCUT2D eigenvalue weighted by molar-refractivity contribution is 5.71. The van der Waals surface area contributed by atoms with Gasteiger partial charge in [0.2, 0.25) is 0 Å². The summed E-state index contributed by atoms with van der Waals surface area (Å²) in [5.41, 5.74) is 3.94. The van der Waals surface area contributed by atoms with Crippen LogP contribution in [-0.4, -0.2) is 22.8 Å². The highest BCUT2D eigenvalue weighted by atomic mass is 16.4. The van der Waals surface area contributed by atoms with Gasteiger partial charge in [0.25, 0.3) is 0 Å². The van der Waals surface area contributed by atoms with Gasteiger partial charge in [0, 0.05) is 0 Å². The summed E-state index contributed by atoms with van der Waals surface area (Å²) in [5.74, 6) is -0.143. The Bertz CT molecular complexity index is 527. The van der Waals surface area contributed by atoms with E-state index in [1.54, 1.807) is 0 Å². The normalized spacial score (nSPS) is 31.0. The summed E-state index contributed by atoms with van der Waals surface area (Å²) in [6.07, 6.45) is 8.52. The third-order valence-electron chi connectivity index (χ3n) is 6.34. The van der Waals surface area contributed by atoms with Crippen LogP contribution in [0.5, 0.6) is 0 Å². The molecule has 23 heavy (non-hydrogen) atoms. The zero-order valence-corrected chi connectivity index (χ0v) is 15.1. The second-order valence-electron chi connectivity index (χ2n) is 8.41. The van der Waals surface area contributed by atoms with Gasteiger partial charge < -0.3 is 10.2 Å². The molecule has 0 heterocycles. The van der Waals surface area contributed by atoms with Gasteiger partial charge >= 0.3 is 5.97 Å². The first-order valence-electron chi connectivity index (χ1n) is 8.90. The minimum absolute atomic E-state index is 0.0210. The smallest absolute Gasteiger partial charge is 0.307 e. The summed E-state index contributed by atoms with van der Waals surface area (Å²) >= 11 is 0. The van der Waals surface area contributed by atoms with Gasteiger partial charge in [-0.3, -0.25) is 4.79 Å². The number of hydrogen-bond donors (Lipinski definition) is 2. The van der Waals surface area contributed by atoms with Gasteiger partial charge in [-0.2, -0.15) is 0 Å². The van der Waals surface area contributed by atoms with E-state index >= 15 is 0 Å². The number of aliphatic hydroxyl groups is 1. The number of carboxylic acid groups (broad SMARTS) is 1. The Hall–Kier alpha value is -1.09. The Balaban J connectivity index is 2.44. The quantitative estimate of drug-likeness (QED) is 0.721. The summed E-state index contributed by atoms with van der Waals surface area (Å²) in [6, 6.07) is 0. The Labute approximate surface area is 140 Å². The molecule has 0 spiro atoms. The SMILES string of the molecule is CC(=CCO)CC1=C(CC(=O)O)C2(C)CCCC(C)(C)C2CC1. The van der Waals surface area contributed by atoms with Crippen LogP contribution in [0.25, 0.3) is 0 Å². The molecule has 0 radical (unpaired) electrons. The number of aliphatic hydroxyl groups excluding tert-OH is 1. The van der Waals surface area contributed by atoms with Crippen molar-refractivity contribution in [3.63, 3.8) is 0 Å². The zero-order valence-electron chi connectivity index (χ0n) is 15.1. The monoisotopic (exact) mass is 320 g/mol. The Kier molecular flexibility index (Phi) is 5.40. The van der Waals surface area contributed by atoms with Crippen molar-refractivity contribution in [3.8, 4) is 0 Å². The molecule has 0 aliphatic heterocycles. The molecule has 2 aliphatic carbocycles. The van der Waals surface area contributed by atoms with E-state index in [-0.39, 0.29) is 23.9 Å². The van der Waals surface area contributed by atoms with Gasteiger partial charge in [-0.25, -0.2) is 0 Å². The molecule has 2 N–H and O–H groups in total. The number of aliphatic carboxylic acids is 1. The molecule has 0 amide bonds. The van der Waals surface area contributed by atoms with Crippen molar-refractivity contribution in [2.24, 2.45) is 16.7 Å².